The number of carbonyl (C=O) groups excluding carboxylic acids is 1. The zero-order valence-corrected chi connectivity index (χ0v) is 14.4. The number of aryl methyl sites for hydroxylation is 4. The zero-order chi connectivity index (χ0) is 16.6. The van der Waals surface area contributed by atoms with Crippen molar-refractivity contribution >= 4 is 22.9 Å². The Hall–Kier alpha value is -2.40. The number of thiophene rings is 1. The molecule has 118 valence electrons. The van der Waals surface area contributed by atoms with Crippen molar-refractivity contribution in [3.63, 3.8) is 0 Å². The van der Waals surface area contributed by atoms with Crippen LogP contribution in [0.1, 0.15) is 32.3 Å². The predicted molar refractivity (Wildman–Crippen MR) is 93.2 cm³/mol. The van der Waals surface area contributed by atoms with Gasteiger partial charge in [-0.15, -0.1) is 11.3 Å². The van der Waals surface area contributed by atoms with Crippen LogP contribution in [0.5, 0.6) is 0 Å². The Kier molecular flexibility index (Phi) is 4.05. The standard InChI is InChI=1S/C18H18N2O2S/c1-10-5-6-14(9-11(10)2)19-18(21)16-8-7-15(23-16)17-12(3)20-22-13(17)4/h5-9H,1-4H3,(H,19,21). The fourth-order valence-corrected chi connectivity index (χ4v) is 3.49. The van der Waals surface area contributed by atoms with Gasteiger partial charge in [-0.05, 0) is 63.1 Å². The second kappa shape index (κ2) is 6.01. The van der Waals surface area contributed by atoms with Crippen LogP contribution < -0.4 is 5.32 Å². The number of hydrogen-bond acceptors (Lipinski definition) is 4. The Morgan fingerprint density at radius 2 is 1.87 bits per heavy atom. The summed E-state index contributed by atoms with van der Waals surface area (Å²) in [6.45, 7) is 7.87. The van der Waals surface area contributed by atoms with Crippen molar-refractivity contribution in [1.82, 2.24) is 5.16 Å². The van der Waals surface area contributed by atoms with Crippen LogP contribution in [0, 0.1) is 27.7 Å². The van der Waals surface area contributed by atoms with Gasteiger partial charge in [0.05, 0.1) is 16.1 Å². The van der Waals surface area contributed by atoms with Crippen molar-refractivity contribution in [1.29, 1.82) is 0 Å². The van der Waals surface area contributed by atoms with Gasteiger partial charge in [0.15, 0.2) is 0 Å². The molecule has 0 atom stereocenters. The maximum absolute atomic E-state index is 12.4. The predicted octanol–water partition coefficient (Wildman–Crippen LogP) is 4.89. The highest BCUT2D eigenvalue weighted by Crippen LogP contribution is 2.33. The first-order valence-corrected chi connectivity index (χ1v) is 8.19. The molecule has 1 N–H and O–H groups in total. The van der Waals surface area contributed by atoms with Gasteiger partial charge in [0.2, 0.25) is 0 Å². The Labute approximate surface area is 139 Å². The first-order valence-electron chi connectivity index (χ1n) is 7.37. The molecule has 0 aliphatic heterocycles. The van der Waals surface area contributed by atoms with Gasteiger partial charge in [-0.2, -0.15) is 0 Å². The number of aromatic nitrogens is 1. The topological polar surface area (TPSA) is 55.1 Å². The largest absolute Gasteiger partial charge is 0.361 e. The van der Waals surface area contributed by atoms with E-state index >= 15 is 0 Å². The molecule has 0 aliphatic carbocycles. The van der Waals surface area contributed by atoms with Crippen LogP contribution >= 0.6 is 11.3 Å². The number of hydrogen-bond donors (Lipinski definition) is 1. The highest BCUT2D eigenvalue weighted by molar-refractivity contribution is 7.17. The summed E-state index contributed by atoms with van der Waals surface area (Å²) in [7, 11) is 0. The average molecular weight is 326 g/mol. The van der Waals surface area contributed by atoms with Crippen LogP contribution in [0.4, 0.5) is 5.69 Å². The van der Waals surface area contributed by atoms with Crippen molar-refractivity contribution < 1.29 is 9.32 Å². The second-order valence-corrected chi connectivity index (χ2v) is 6.70. The highest BCUT2D eigenvalue weighted by Gasteiger charge is 2.16. The Balaban J connectivity index is 1.82. The van der Waals surface area contributed by atoms with E-state index in [4.69, 9.17) is 4.52 Å². The van der Waals surface area contributed by atoms with Crippen molar-refractivity contribution in [2.45, 2.75) is 27.7 Å². The minimum atomic E-state index is -0.101. The molecule has 2 aromatic heterocycles. The molecule has 1 aromatic carbocycles. The number of benzene rings is 1. The summed E-state index contributed by atoms with van der Waals surface area (Å²) in [5, 5.41) is 6.91. The SMILES string of the molecule is Cc1ccc(NC(=O)c2ccc(-c3c(C)noc3C)s2)cc1C. The number of anilines is 1. The van der Waals surface area contributed by atoms with Gasteiger partial charge in [-0.25, -0.2) is 0 Å². The van der Waals surface area contributed by atoms with Crippen LogP contribution in [0.2, 0.25) is 0 Å². The minimum absolute atomic E-state index is 0.101. The monoisotopic (exact) mass is 326 g/mol. The smallest absolute Gasteiger partial charge is 0.265 e. The molecular formula is C18H18N2O2S. The number of nitrogens with one attached hydrogen (secondary N) is 1. The van der Waals surface area contributed by atoms with Crippen LogP contribution in [-0.4, -0.2) is 11.1 Å². The first kappa shape index (κ1) is 15.5. The molecular weight excluding hydrogens is 308 g/mol. The van der Waals surface area contributed by atoms with Gasteiger partial charge >= 0.3 is 0 Å². The number of amides is 1. The van der Waals surface area contributed by atoms with Crippen LogP contribution in [-0.2, 0) is 0 Å². The summed E-state index contributed by atoms with van der Waals surface area (Å²) in [5.74, 6) is 0.668. The summed E-state index contributed by atoms with van der Waals surface area (Å²) in [6.07, 6.45) is 0. The van der Waals surface area contributed by atoms with Gasteiger partial charge in [0, 0.05) is 10.6 Å². The zero-order valence-electron chi connectivity index (χ0n) is 13.6. The van der Waals surface area contributed by atoms with E-state index in [1.165, 1.54) is 16.9 Å². The molecule has 0 spiro atoms. The Bertz CT molecular complexity index is 858. The Morgan fingerprint density at radius 3 is 2.52 bits per heavy atom. The van der Waals surface area contributed by atoms with E-state index < -0.39 is 0 Å². The molecule has 5 heteroatoms. The lowest BCUT2D eigenvalue weighted by Gasteiger charge is -2.06. The van der Waals surface area contributed by atoms with Crippen molar-refractivity contribution in [3.05, 3.63) is 57.8 Å². The maximum atomic E-state index is 12.4. The molecule has 0 radical (unpaired) electrons. The third-order valence-corrected chi connectivity index (χ3v) is 4.98. The summed E-state index contributed by atoms with van der Waals surface area (Å²) in [6, 6.07) is 9.68. The fraction of sp³-hybridized carbons (Fsp3) is 0.222. The molecule has 3 rings (SSSR count). The molecule has 0 fully saturated rings. The minimum Gasteiger partial charge on any atom is -0.361 e. The number of rotatable bonds is 3. The van der Waals surface area contributed by atoms with Crippen molar-refractivity contribution in [2.24, 2.45) is 0 Å². The molecule has 0 saturated heterocycles. The van der Waals surface area contributed by atoms with Crippen LogP contribution in [0.15, 0.2) is 34.9 Å². The number of carbonyl (C=O) groups is 1. The van der Waals surface area contributed by atoms with E-state index in [2.05, 4.69) is 17.4 Å². The summed E-state index contributed by atoms with van der Waals surface area (Å²) in [4.78, 5) is 14.1. The molecule has 4 nitrogen and oxygen atoms in total. The van der Waals surface area contributed by atoms with Gasteiger partial charge in [0.1, 0.15) is 5.76 Å². The number of nitrogens with zero attached hydrogens (tertiary/aromatic N) is 1. The summed E-state index contributed by atoms with van der Waals surface area (Å²) < 4.78 is 5.20. The molecule has 0 unspecified atom stereocenters. The quantitative estimate of drug-likeness (QED) is 0.745. The normalized spacial score (nSPS) is 10.8. The summed E-state index contributed by atoms with van der Waals surface area (Å²) >= 11 is 1.44. The van der Waals surface area contributed by atoms with Gasteiger partial charge in [-0.1, -0.05) is 11.2 Å². The molecule has 0 saturated carbocycles. The maximum Gasteiger partial charge on any atom is 0.265 e. The van der Waals surface area contributed by atoms with E-state index in [0.29, 0.717) is 4.88 Å². The van der Waals surface area contributed by atoms with Crippen LogP contribution in [0.3, 0.4) is 0 Å². The third kappa shape index (κ3) is 3.05. The highest BCUT2D eigenvalue weighted by atomic mass is 32.1. The van der Waals surface area contributed by atoms with E-state index in [-0.39, 0.29) is 5.91 Å². The van der Waals surface area contributed by atoms with E-state index in [9.17, 15) is 4.79 Å². The second-order valence-electron chi connectivity index (χ2n) is 5.62. The van der Waals surface area contributed by atoms with Crippen molar-refractivity contribution in [3.8, 4) is 10.4 Å². The molecule has 23 heavy (non-hydrogen) atoms. The van der Waals surface area contributed by atoms with Crippen molar-refractivity contribution in [2.75, 3.05) is 5.32 Å². The fourth-order valence-electron chi connectivity index (χ4n) is 2.44. The molecule has 0 aliphatic rings. The molecule has 1 amide bonds. The van der Waals surface area contributed by atoms with Gasteiger partial charge in [0.25, 0.3) is 5.91 Å². The third-order valence-electron chi connectivity index (χ3n) is 3.87. The molecule has 0 bridgehead atoms. The lowest BCUT2D eigenvalue weighted by molar-refractivity contribution is 0.103. The Morgan fingerprint density at radius 1 is 1.09 bits per heavy atom. The van der Waals surface area contributed by atoms with E-state index in [1.807, 2.05) is 51.1 Å². The lowest BCUT2D eigenvalue weighted by Crippen LogP contribution is -2.10. The van der Waals surface area contributed by atoms with Gasteiger partial charge < -0.3 is 9.84 Å². The summed E-state index contributed by atoms with van der Waals surface area (Å²) in [5.41, 5.74) is 4.99. The lowest BCUT2D eigenvalue weighted by atomic mass is 10.1. The van der Waals surface area contributed by atoms with E-state index in [1.54, 1.807) is 0 Å². The van der Waals surface area contributed by atoms with Gasteiger partial charge in [-0.3, -0.25) is 4.79 Å². The molecule has 3 aromatic rings. The molecule has 2 heterocycles. The first-order chi connectivity index (χ1) is 11.0. The van der Waals surface area contributed by atoms with Crippen LogP contribution in [0.25, 0.3) is 10.4 Å². The van der Waals surface area contributed by atoms with E-state index in [0.717, 1.165) is 33.1 Å². The average Bonchev–Trinajstić information content (AvgIpc) is 3.10.